The number of rotatable bonds is 3. The van der Waals surface area contributed by atoms with Crippen molar-refractivity contribution in [2.45, 2.75) is 13.5 Å². The highest BCUT2D eigenvalue weighted by Gasteiger charge is 2.20. The number of thiazole rings is 1. The maximum Gasteiger partial charge on any atom is 0.301 e. The molecule has 0 aliphatic heterocycles. The van der Waals surface area contributed by atoms with Crippen LogP contribution in [-0.2, 0) is 6.54 Å². The smallest absolute Gasteiger partial charge is 0.301 e. The number of halogens is 2. The molecule has 0 bridgehead atoms. The summed E-state index contributed by atoms with van der Waals surface area (Å²) in [6, 6.07) is 4.95. The molecule has 6 nitrogen and oxygen atoms in total. The molecule has 0 atom stereocenters. The molecule has 1 amide bonds. The molecule has 0 saturated heterocycles. The fourth-order valence-electron chi connectivity index (χ4n) is 2.15. The summed E-state index contributed by atoms with van der Waals surface area (Å²) in [5.74, 6) is -1.33. The SMILES string of the molecule is Cc1csc2nc(C(=O)NCc3ccc(Cl)c(Cl)c3)c(O)c(=O)n12. The van der Waals surface area contributed by atoms with Crippen LogP contribution in [0.15, 0.2) is 28.4 Å². The number of aromatic nitrogens is 2. The van der Waals surface area contributed by atoms with Gasteiger partial charge in [-0.05, 0) is 24.6 Å². The molecular formula is C15H11Cl2N3O3S. The van der Waals surface area contributed by atoms with Crippen molar-refractivity contribution < 1.29 is 9.90 Å². The number of hydrogen-bond donors (Lipinski definition) is 2. The summed E-state index contributed by atoms with van der Waals surface area (Å²) in [6.07, 6.45) is 0. The highest BCUT2D eigenvalue weighted by atomic mass is 35.5. The lowest BCUT2D eigenvalue weighted by Crippen LogP contribution is -2.27. The molecule has 2 heterocycles. The molecule has 0 aliphatic carbocycles. The Morgan fingerprint density at radius 3 is 2.83 bits per heavy atom. The van der Waals surface area contributed by atoms with Gasteiger partial charge in [-0.2, -0.15) is 0 Å². The van der Waals surface area contributed by atoms with Gasteiger partial charge in [-0.25, -0.2) is 4.98 Å². The Bertz CT molecular complexity index is 1010. The van der Waals surface area contributed by atoms with Crippen LogP contribution in [-0.4, -0.2) is 20.4 Å². The van der Waals surface area contributed by atoms with E-state index in [9.17, 15) is 14.7 Å². The minimum atomic E-state index is -0.680. The molecule has 0 radical (unpaired) electrons. The number of fused-ring (bicyclic) bond motifs is 1. The standard InChI is InChI=1S/C15H11Cl2N3O3S/c1-7-6-24-15-19-11(12(21)14(23)20(7)15)13(22)18-5-8-2-3-9(16)10(17)4-8/h2-4,6,21H,5H2,1H3,(H,18,22). The average molecular weight is 384 g/mol. The van der Waals surface area contributed by atoms with Gasteiger partial charge in [0.15, 0.2) is 10.7 Å². The van der Waals surface area contributed by atoms with E-state index in [1.165, 1.54) is 15.7 Å². The topological polar surface area (TPSA) is 83.7 Å². The Labute approximate surface area is 150 Å². The molecule has 124 valence electrons. The Morgan fingerprint density at radius 2 is 2.12 bits per heavy atom. The molecule has 0 spiro atoms. The number of hydrogen-bond acceptors (Lipinski definition) is 5. The Morgan fingerprint density at radius 1 is 1.38 bits per heavy atom. The van der Waals surface area contributed by atoms with Crippen LogP contribution in [0.3, 0.4) is 0 Å². The number of carbonyl (C=O) groups is 1. The van der Waals surface area contributed by atoms with E-state index in [0.29, 0.717) is 20.7 Å². The van der Waals surface area contributed by atoms with Gasteiger partial charge in [0.05, 0.1) is 10.0 Å². The number of carbonyl (C=O) groups excluding carboxylic acids is 1. The molecule has 3 rings (SSSR count). The lowest BCUT2D eigenvalue weighted by atomic mass is 10.2. The van der Waals surface area contributed by atoms with E-state index in [0.717, 1.165) is 5.56 Å². The largest absolute Gasteiger partial charge is 0.501 e. The molecular weight excluding hydrogens is 373 g/mol. The third-order valence-corrected chi connectivity index (χ3v) is 5.05. The third-order valence-electron chi connectivity index (χ3n) is 3.37. The summed E-state index contributed by atoms with van der Waals surface area (Å²) >= 11 is 13.0. The maximum atomic E-state index is 12.3. The Kier molecular flexibility index (Phi) is 4.49. The van der Waals surface area contributed by atoms with E-state index < -0.39 is 17.2 Å². The molecule has 24 heavy (non-hydrogen) atoms. The lowest BCUT2D eigenvalue weighted by molar-refractivity contribution is 0.0943. The predicted molar refractivity (Wildman–Crippen MR) is 93.4 cm³/mol. The summed E-state index contributed by atoms with van der Waals surface area (Å²) in [7, 11) is 0. The van der Waals surface area contributed by atoms with Gasteiger partial charge in [-0.15, -0.1) is 11.3 Å². The molecule has 2 N–H and O–H groups in total. The summed E-state index contributed by atoms with van der Waals surface area (Å²) in [5, 5.41) is 15.1. The van der Waals surface area contributed by atoms with Crippen LogP contribution >= 0.6 is 34.5 Å². The molecule has 0 aliphatic rings. The molecule has 0 fully saturated rings. The van der Waals surface area contributed by atoms with Crippen molar-refractivity contribution in [1.82, 2.24) is 14.7 Å². The van der Waals surface area contributed by atoms with E-state index in [1.54, 1.807) is 30.5 Å². The molecule has 0 saturated carbocycles. The summed E-state index contributed by atoms with van der Waals surface area (Å²) in [4.78, 5) is 28.8. The lowest BCUT2D eigenvalue weighted by Gasteiger charge is -2.07. The van der Waals surface area contributed by atoms with Crippen molar-refractivity contribution in [2.75, 3.05) is 0 Å². The van der Waals surface area contributed by atoms with E-state index in [4.69, 9.17) is 23.2 Å². The van der Waals surface area contributed by atoms with E-state index in [-0.39, 0.29) is 12.2 Å². The second-order valence-corrected chi connectivity index (χ2v) is 6.69. The van der Waals surface area contributed by atoms with Crippen LogP contribution in [0.5, 0.6) is 5.75 Å². The number of aromatic hydroxyl groups is 1. The van der Waals surface area contributed by atoms with Gasteiger partial charge in [-0.1, -0.05) is 29.3 Å². The van der Waals surface area contributed by atoms with Crippen LogP contribution < -0.4 is 10.9 Å². The van der Waals surface area contributed by atoms with Crippen molar-refractivity contribution in [2.24, 2.45) is 0 Å². The molecule has 2 aromatic heterocycles. The average Bonchev–Trinajstić information content (AvgIpc) is 2.93. The second-order valence-electron chi connectivity index (χ2n) is 5.04. The van der Waals surface area contributed by atoms with Gasteiger partial charge < -0.3 is 10.4 Å². The number of amides is 1. The number of nitrogens with one attached hydrogen (secondary N) is 1. The zero-order valence-corrected chi connectivity index (χ0v) is 14.7. The molecule has 3 aromatic rings. The normalized spacial score (nSPS) is 11.0. The van der Waals surface area contributed by atoms with E-state index in [1.807, 2.05) is 0 Å². The number of aryl methyl sites for hydroxylation is 1. The van der Waals surface area contributed by atoms with Crippen LogP contribution in [0.25, 0.3) is 4.96 Å². The fraction of sp³-hybridized carbons (Fsp3) is 0.133. The van der Waals surface area contributed by atoms with Gasteiger partial charge in [0, 0.05) is 17.6 Å². The predicted octanol–water partition coefficient (Wildman–Crippen LogP) is 3.01. The zero-order valence-electron chi connectivity index (χ0n) is 12.3. The molecule has 1 aromatic carbocycles. The first kappa shape index (κ1) is 16.8. The van der Waals surface area contributed by atoms with Crippen LogP contribution in [0, 0.1) is 6.92 Å². The number of benzene rings is 1. The van der Waals surface area contributed by atoms with Gasteiger partial charge in [0.2, 0.25) is 5.75 Å². The zero-order chi connectivity index (χ0) is 17.4. The van der Waals surface area contributed by atoms with Crippen molar-refractivity contribution >= 4 is 45.4 Å². The van der Waals surface area contributed by atoms with E-state index in [2.05, 4.69) is 10.3 Å². The van der Waals surface area contributed by atoms with Crippen molar-refractivity contribution in [3.63, 3.8) is 0 Å². The monoisotopic (exact) mass is 383 g/mol. The first-order valence-corrected chi connectivity index (χ1v) is 8.44. The van der Waals surface area contributed by atoms with Crippen LogP contribution in [0.2, 0.25) is 10.0 Å². The quantitative estimate of drug-likeness (QED) is 0.727. The molecule has 9 heteroatoms. The van der Waals surface area contributed by atoms with E-state index >= 15 is 0 Å². The minimum absolute atomic E-state index is 0.152. The van der Waals surface area contributed by atoms with Crippen LogP contribution in [0.4, 0.5) is 0 Å². The van der Waals surface area contributed by atoms with Crippen molar-refractivity contribution in [3.8, 4) is 5.75 Å². The first-order valence-electron chi connectivity index (χ1n) is 6.80. The van der Waals surface area contributed by atoms with Crippen LogP contribution in [0.1, 0.15) is 21.7 Å². The summed E-state index contributed by atoms with van der Waals surface area (Å²) < 4.78 is 1.26. The maximum absolute atomic E-state index is 12.3. The number of nitrogens with zero attached hydrogens (tertiary/aromatic N) is 2. The fourth-order valence-corrected chi connectivity index (χ4v) is 3.33. The van der Waals surface area contributed by atoms with Gasteiger partial charge >= 0.3 is 5.56 Å². The minimum Gasteiger partial charge on any atom is -0.501 e. The highest BCUT2D eigenvalue weighted by Crippen LogP contribution is 2.22. The first-order chi connectivity index (χ1) is 11.4. The third kappa shape index (κ3) is 2.98. The van der Waals surface area contributed by atoms with Gasteiger partial charge in [0.25, 0.3) is 5.91 Å². The Balaban J connectivity index is 1.87. The summed E-state index contributed by atoms with van der Waals surface area (Å²) in [6.45, 7) is 1.87. The second kappa shape index (κ2) is 6.43. The summed E-state index contributed by atoms with van der Waals surface area (Å²) in [5.41, 5.74) is 0.396. The van der Waals surface area contributed by atoms with Crippen molar-refractivity contribution in [3.05, 3.63) is 60.9 Å². The molecule has 0 unspecified atom stereocenters. The Hall–Kier alpha value is -2.09. The van der Waals surface area contributed by atoms with Crippen molar-refractivity contribution in [1.29, 1.82) is 0 Å². The highest BCUT2D eigenvalue weighted by molar-refractivity contribution is 7.15. The van der Waals surface area contributed by atoms with Gasteiger partial charge in [-0.3, -0.25) is 14.0 Å². The van der Waals surface area contributed by atoms with Gasteiger partial charge in [0.1, 0.15) is 0 Å².